The highest BCUT2D eigenvalue weighted by Gasteiger charge is 2.28. The zero-order valence-electron chi connectivity index (χ0n) is 31.4. The maximum Gasteiger partial charge on any atom is 0.121 e. The quantitative estimate of drug-likeness (QED) is 0.182. The van der Waals surface area contributed by atoms with E-state index < -0.39 is 0 Å². The first-order valence-electron chi connectivity index (χ1n) is 18.5. The Kier molecular flexibility index (Phi) is 8.33. The number of nitrogens with zero attached hydrogens (tertiary/aromatic N) is 3. The SMILES string of the molecule is CC1C=C(c2ccc(-c3ccc(-n4nc5cc(-c6ccc(-c7ccc(C(C)(C)C)cc7)cc6)c6ccccc6c5n4)cc3)cc2)C=CC1C(C)(C)C. The third kappa shape index (κ3) is 6.41. The van der Waals surface area contributed by atoms with Gasteiger partial charge in [-0.1, -0.05) is 176 Å². The van der Waals surface area contributed by atoms with Gasteiger partial charge in [0.2, 0.25) is 0 Å². The third-order valence-electron chi connectivity index (χ3n) is 10.8. The van der Waals surface area contributed by atoms with Gasteiger partial charge in [-0.05, 0) is 96.3 Å². The van der Waals surface area contributed by atoms with Crippen LogP contribution in [0, 0.1) is 17.3 Å². The normalized spacial score (nSPS) is 16.4. The summed E-state index contributed by atoms with van der Waals surface area (Å²) in [5.41, 5.74) is 14.2. The molecule has 0 N–H and O–H groups in total. The summed E-state index contributed by atoms with van der Waals surface area (Å²) in [6, 6.07) is 46.0. The molecular weight excluding hydrogens is 631 g/mol. The van der Waals surface area contributed by atoms with Gasteiger partial charge in [0.05, 0.1) is 5.69 Å². The Morgan fingerprint density at radius 2 is 1.08 bits per heavy atom. The molecule has 1 aliphatic rings. The van der Waals surface area contributed by atoms with Gasteiger partial charge >= 0.3 is 0 Å². The second-order valence-corrected chi connectivity index (χ2v) is 16.6. The first kappa shape index (κ1) is 33.6. The van der Waals surface area contributed by atoms with Crippen LogP contribution in [-0.2, 0) is 5.41 Å². The number of hydrogen-bond donors (Lipinski definition) is 0. The van der Waals surface area contributed by atoms with Crippen molar-refractivity contribution in [3.63, 3.8) is 0 Å². The molecule has 3 heteroatoms. The van der Waals surface area contributed by atoms with E-state index in [2.05, 4.69) is 194 Å². The number of aromatic nitrogens is 3. The molecule has 0 saturated heterocycles. The van der Waals surface area contributed by atoms with Crippen LogP contribution in [-0.4, -0.2) is 15.0 Å². The van der Waals surface area contributed by atoms with E-state index in [-0.39, 0.29) is 10.8 Å². The van der Waals surface area contributed by atoms with E-state index in [1.807, 2.05) is 0 Å². The average molecular weight is 678 g/mol. The van der Waals surface area contributed by atoms with Crippen LogP contribution in [0.3, 0.4) is 0 Å². The molecule has 52 heavy (non-hydrogen) atoms. The van der Waals surface area contributed by atoms with Crippen LogP contribution in [0.15, 0.2) is 146 Å². The molecule has 0 amide bonds. The molecule has 1 aromatic heterocycles. The lowest BCUT2D eigenvalue weighted by Crippen LogP contribution is -2.25. The molecule has 2 atom stereocenters. The van der Waals surface area contributed by atoms with Gasteiger partial charge < -0.3 is 0 Å². The molecule has 8 rings (SSSR count). The van der Waals surface area contributed by atoms with Crippen molar-refractivity contribution >= 4 is 27.4 Å². The lowest BCUT2D eigenvalue weighted by atomic mass is 9.71. The molecule has 0 fully saturated rings. The van der Waals surface area contributed by atoms with E-state index in [0.29, 0.717) is 11.8 Å². The van der Waals surface area contributed by atoms with Gasteiger partial charge in [-0.25, -0.2) is 0 Å². The van der Waals surface area contributed by atoms with Gasteiger partial charge in [-0.3, -0.25) is 0 Å². The molecule has 1 aliphatic carbocycles. The Bertz CT molecular complexity index is 2440. The molecule has 0 radical (unpaired) electrons. The fourth-order valence-corrected chi connectivity index (χ4v) is 7.84. The molecule has 258 valence electrons. The summed E-state index contributed by atoms with van der Waals surface area (Å²) in [5.74, 6) is 1.07. The minimum Gasteiger partial charge on any atom is -0.150 e. The minimum atomic E-state index is 0.140. The molecule has 0 saturated carbocycles. The maximum absolute atomic E-state index is 5.01. The number of hydrogen-bond acceptors (Lipinski definition) is 2. The van der Waals surface area contributed by atoms with E-state index in [1.54, 1.807) is 4.80 Å². The van der Waals surface area contributed by atoms with Gasteiger partial charge in [0, 0.05) is 5.39 Å². The number of rotatable bonds is 5. The lowest BCUT2D eigenvalue weighted by molar-refractivity contribution is 0.245. The Morgan fingerprint density at radius 3 is 1.63 bits per heavy atom. The molecular formula is C49H47N3. The third-order valence-corrected chi connectivity index (χ3v) is 10.8. The Labute approximate surface area is 308 Å². The van der Waals surface area contributed by atoms with E-state index in [4.69, 9.17) is 10.2 Å². The predicted octanol–water partition coefficient (Wildman–Crippen LogP) is 13.1. The zero-order chi connectivity index (χ0) is 36.2. The van der Waals surface area contributed by atoms with Gasteiger partial charge in [-0.15, -0.1) is 10.2 Å². The van der Waals surface area contributed by atoms with Crippen molar-refractivity contribution in [2.75, 3.05) is 0 Å². The summed E-state index contributed by atoms with van der Waals surface area (Å²) in [6.07, 6.45) is 7.13. The van der Waals surface area contributed by atoms with Gasteiger partial charge in [0.25, 0.3) is 0 Å². The largest absolute Gasteiger partial charge is 0.150 e. The molecule has 6 aromatic carbocycles. The summed E-state index contributed by atoms with van der Waals surface area (Å²) in [4.78, 5) is 1.77. The van der Waals surface area contributed by atoms with Crippen LogP contribution in [0.2, 0.25) is 0 Å². The first-order chi connectivity index (χ1) is 24.9. The van der Waals surface area contributed by atoms with Gasteiger partial charge in [0.1, 0.15) is 11.0 Å². The van der Waals surface area contributed by atoms with E-state index in [0.717, 1.165) is 33.2 Å². The Morgan fingerprint density at radius 1 is 0.558 bits per heavy atom. The fourth-order valence-electron chi connectivity index (χ4n) is 7.84. The van der Waals surface area contributed by atoms with E-state index in [9.17, 15) is 0 Å². The number of allylic oxidation sites excluding steroid dienone is 4. The Balaban J connectivity index is 1.05. The summed E-state index contributed by atoms with van der Waals surface area (Å²) in [5, 5.41) is 12.3. The topological polar surface area (TPSA) is 30.7 Å². The van der Waals surface area contributed by atoms with Crippen molar-refractivity contribution in [1.29, 1.82) is 0 Å². The minimum absolute atomic E-state index is 0.140. The van der Waals surface area contributed by atoms with Crippen molar-refractivity contribution in [2.45, 2.75) is 53.9 Å². The second kappa shape index (κ2) is 12.9. The summed E-state index contributed by atoms with van der Waals surface area (Å²) in [7, 11) is 0. The van der Waals surface area contributed by atoms with Crippen molar-refractivity contribution in [3.05, 3.63) is 157 Å². The highest BCUT2D eigenvalue weighted by molar-refractivity contribution is 6.11. The van der Waals surface area contributed by atoms with Gasteiger partial charge in [-0.2, -0.15) is 4.80 Å². The number of fused-ring (bicyclic) bond motifs is 3. The van der Waals surface area contributed by atoms with Crippen LogP contribution in [0.25, 0.3) is 66.4 Å². The molecule has 7 aromatic rings. The molecule has 2 unspecified atom stereocenters. The smallest absolute Gasteiger partial charge is 0.121 e. The molecule has 0 aliphatic heterocycles. The molecule has 0 bridgehead atoms. The predicted molar refractivity (Wildman–Crippen MR) is 221 cm³/mol. The van der Waals surface area contributed by atoms with Crippen molar-refractivity contribution in [2.24, 2.45) is 17.3 Å². The van der Waals surface area contributed by atoms with E-state index in [1.165, 1.54) is 44.3 Å². The summed E-state index contributed by atoms with van der Waals surface area (Å²) in [6.45, 7) is 16.1. The molecule has 0 spiro atoms. The van der Waals surface area contributed by atoms with Crippen LogP contribution < -0.4 is 0 Å². The second-order valence-electron chi connectivity index (χ2n) is 16.6. The van der Waals surface area contributed by atoms with Crippen molar-refractivity contribution < 1.29 is 0 Å². The first-order valence-corrected chi connectivity index (χ1v) is 18.5. The molecule has 3 nitrogen and oxygen atoms in total. The standard InChI is InChI=1S/C49H47N3/c1-32-30-39(24-29-45(32)49(5,6)7)37-14-12-33(13-15-37)36-22-27-41(28-23-36)52-50-46-31-44(42-10-8-9-11-43(42)47(46)51-52)38-18-16-34(17-19-38)35-20-25-40(26-21-35)48(2,3)4/h8-32,45H,1-7H3. The lowest BCUT2D eigenvalue weighted by Gasteiger charge is -2.34. The van der Waals surface area contributed by atoms with Crippen LogP contribution >= 0.6 is 0 Å². The van der Waals surface area contributed by atoms with Crippen LogP contribution in [0.4, 0.5) is 0 Å². The van der Waals surface area contributed by atoms with Crippen LogP contribution in [0.1, 0.15) is 59.6 Å². The maximum atomic E-state index is 5.01. The Hall–Kier alpha value is -5.54. The average Bonchev–Trinajstić information content (AvgIpc) is 3.59. The number of benzene rings is 6. The summed E-state index contributed by atoms with van der Waals surface area (Å²) >= 11 is 0. The van der Waals surface area contributed by atoms with Crippen molar-refractivity contribution in [3.8, 4) is 39.1 Å². The van der Waals surface area contributed by atoms with Gasteiger partial charge in [0.15, 0.2) is 0 Å². The van der Waals surface area contributed by atoms with Crippen LogP contribution in [0.5, 0.6) is 0 Å². The van der Waals surface area contributed by atoms with E-state index >= 15 is 0 Å². The molecule has 1 heterocycles. The fraction of sp³-hybridized carbons (Fsp3) is 0.224. The highest BCUT2D eigenvalue weighted by Crippen LogP contribution is 2.40. The van der Waals surface area contributed by atoms with Crippen molar-refractivity contribution in [1.82, 2.24) is 15.0 Å². The highest BCUT2D eigenvalue weighted by atomic mass is 15.5. The summed E-state index contributed by atoms with van der Waals surface area (Å²) < 4.78 is 0. The monoisotopic (exact) mass is 677 g/mol. The zero-order valence-corrected chi connectivity index (χ0v) is 31.4.